The molecule has 1 N–H and O–H groups in total. The Bertz CT molecular complexity index is 1080. The Labute approximate surface area is 172 Å². The lowest BCUT2D eigenvalue weighted by atomic mass is 10.1. The Hall–Kier alpha value is -2.52. The minimum absolute atomic E-state index is 0.00390. The summed E-state index contributed by atoms with van der Waals surface area (Å²) in [5, 5.41) is 4.34. The Morgan fingerprint density at radius 3 is 2.46 bits per heavy atom. The molecule has 0 unspecified atom stereocenters. The first-order chi connectivity index (χ1) is 13.3. The van der Waals surface area contributed by atoms with Gasteiger partial charge in [-0.2, -0.15) is 5.10 Å². The second-order valence-electron chi connectivity index (χ2n) is 6.13. The molecule has 0 saturated heterocycles. The molecule has 148 valence electrons. The first-order valence-corrected chi connectivity index (χ1v) is 10.6. The molecule has 3 rings (SSSR count). The number of methoxy groups -OCH3 is 2. The first kappa shape index (κ1) is 20.2. The van der Waals surface area contributed by atoms with E-state index >= 15 is 0 Å². The number of halogens is 1. The highest BCUT2D eigenvalue weighted by Gasteiger charge is 2.22. The van der Waals surface area contributed by atoms with Gasteiger partial charge in [-0.3, -0.25) is 9.40 Å². The number of rotatable bonds is 7. The number of aromatic nitrogens is 2. The molecule has 0 bridgehead atoms. The van der Waals surface area contributed by atoms with E-state index < -0.39 is 10.0 Å². The third kappa shape index (κ3) is 4.48. The van der Waals surface area contributed by atoms with Gasteiger partial charge in [-0.15, -0.1) is 0 Å². The third-order valence-corrected chi connectivity index (χ3v) is 6.03. The standard InChI is InChI=1S/C19H20BrN3O4S/c1-13-4-6-14(7-5-13)11-23-12-16(20)19(21-23)22-28(24,25)18-9-8-15(26-2)10-17(18)27-3/h4-10,12H,11H2,1-3H3,(H,21,22). The molecule has 0 aliphatic rings. The molecular weight excluding hydrogens is 446 g/mol. The van der Waals surface area contributed by atoms with Crippen LogP contribution in [0.25, 0.3) is 0 Å². The molecule has 0 saturated carbocycles. The van der Waals surface area contributed by atoms with Crippen LogP contribution in [0, 0.1) is 6.92 Å². The van der Waals surface area contributed by atoms with Gasteiger partial charge in [-0.05, 0) is 40.5 Å². The molecule has 3 aromatic rings. The van der Waals surface area contributed by atoms with E-state index in [1.54, 1.807) is 16.9 Å². The molecule has 1 heterocycles. The van der Waals surface area contributed by atoms with E-state index in [0.717, 1.165) is 5.56 Å². The van der Waals surface area contributed by atoms with Crippen LogP contribution >= 0.6 is 15.9 Å². The molecule has 0 atom stereocenters. The molecule has 0 radical (unpaired) electrons. The van der Waals surface area contributed by atoms with Crippen LogP contribution in [0.1, 0.15) is 11.1 Å². The zero-order valence-corrected chi connectivity index (χ0v) is 18.0. The maximum atomic E-state index is 12.8. The fourth-order valence-corrected chi connectivity index (χ4v) is 4.32. The maximum absolute atomic E-state index is 12.8. The van der Waals surface area contributed by atoms with E-state index in [-0.39, 0.29) is 16.5 Å². The average Bonchev–Trinajstić information content (AvgIpc) is 3.01. The van der Waals surface area contributed by atoms with Crippen LogP contribution in [0.5, 0.6) is 11.5 Å². The van der Waals surface area contributed by atoms with Crippen molar-refractivity contribution in [3.63, 3.8) is 0 Å². The van der Waals surface area contributed by atoms with Gasteiger partial charge in [0.05, 0.1) is 25.2 Å². The summed E-state index contributed by atoms with van der Waals surface area (Å²) >= 11 is 3.36. The van der Waals surface area contributed by atoms with Crippen LogP contribution in [-0.2, 0) is 16.6 Å². The number of nitrogens with one attached hydrogen (secondary N) is 1. The van der Waals surface area contributed by atoms with Crippen molar-refractivity contribution in [2.75, 3.05) is 18.9 Å². The molecule has 0 aliphatic carbocycles. The fourth-order valence-electron chi connectivity index (χ4n) is 2.61. The zero-order chi connectivity index (χ0) is 20.3. The fraction of sp³-hybridized carbons (Fsp3) is 0.211. The quantitative estimate of drug-likeness (QED) is 0.573. The van der Waals surface area contributed by atoms with Gasteiger partial charge >= 0.3 is 0 Å². The SMILES string of the molecule is COc1ccc(S(=O)(=O)Nc2nn(Cc3ccc(C)cc3)cc2Br)c(OC)c1. The second kappa shape index (κ2) is 8.24. The molecule has 0 amide bonds. The van der Waals surface area contributed by atoms with Gasteiger partial charge in [-0.1, -0.05) is 29.8 Å². The monoisotopic (exact) mass is 465 g/mol. The number of sulfonamides is 1. The number of aryl methyl sites for hydroxylation is 1. The summed E-state index contributed by atoms with van der Waals surface area (Å²) in [6.45, 7) is 2.54. The van der Waals surface area contributed by atoms with Gasteiger partial charge in [0.1, 0.15) is 16.4 Å². The van der Waals surface area contributed by atoms with Crippen molar-refractivity contribution >= 4 is 31.8 Å². The maximum Gasteiger partial charge on any atom is 0.266 e. The van der Waals surface area contributed by atoms with Gasteiger partial charge in [-0.25, -0.2) is 8.42 Å². The summed E-state index contributed by atoms with van der Waals surface area (Å²) in [5.74, 6) is 0.881. The normalized spacial score (nSPS) is 11.3. The zero-order valence-electron chi connectivity index (χ0n) is 15.6. The van der Waals surface area contributed by atoms with E-state index in [1.807, 2.05) is 31.2 Å². The molecule has 0 fully saturated rings. The van der Waals surface area contributed by atoms with Gasteiger partial charge in [0.25, 0.3) is 10.0 Å². The van der Waals surface area contributed by atoms with Gasteiger partial charge in [0.15, 0.2) is 5.82 Å². The molecular formula is C19H20BrN3O4S. The summed E-state index contributed by atoms with van der Waals surface area (Å²) in [6.07, 6.45) is 1.73. The summed E-state index contributed by atoms with van der Waals surface area (Å²) < 4.78 is 40.7. The predicted octanol–water partition coefficient (Wildman–Crippen LogP) is 3.82. The van der Waals surface area contributed by atoms with E-state index in [1.165, 1.54) is 31.9 Å². The van der Waals surface area contributed by atoms with Crippen LogP contribution in [0.3, 0.4) is 0 Å². The van der Waals surface area contributed by atoms with E-state index in [9.17, 15) is 8.42 Å². The Balaban J connectivity index is 1.85. The van der Waals surface area contributed by atoms with Gasteiger partial charge in [0.2, 0.25) is 0 Å². The number of hydrogen-bond donors (Lipinski definition) is 1. The summed E-state index contributed by atoms with van der Waals surface area (Å²) in [6, 6.07) is 12.6. The minimum Gasteiger partial charge on any atom is -0.497 e. The van der Waals surface area contributed by atoms with Crippen LogP contribution in [-0.4, -0.2) is 32.4 Å². The number of hydrogen-bond acceptors (Lipinski definition) is 5. The number of nitrogens with zero attached hydrogens (tertiary/aromatic N) is 2. The van der Waals surface area contributed by atoms with Crippen molar-refractivity contribution in [2.24, 2.45) is 0 Å². The van der Waals surface area contributed by atoms with Crippen LogP contribution in [0.4, 0.5) is 5.82 Å². The second-order valence-corrected chi connectivity index (χ2v) is 8.64. The van der Waals surface area contributed by atoms with Crippen molar-refractivity contribution in [1.29, 1.82) is 0 Å². The molecule has 0 aliphatic heterocycles. The highest BCUT2D eigenvalue weighted by Crippen LogP contribution is 2.31. The van der Waals surface area contributed by atoms with Crippen LogP contribution in [0.2, 0.25) is 0 Å². The van der Waals surface area contributed by atoms with Crippen LogP contribution in [0.15, 0.2) is 58.0 Å². The lowest BCUT2D eigenvalue weighted by Gasteiger charge is -2.11. The van der Waals surface area contributed by atoms with Crippen molar-refractivity contribution in [2.45, 2.75) is 18.4 Å². The highest BCUT2D eigenvalue weighted by molar-refractivity contribution is 9.10. The first-order valence-electron chi connectivity index (χ1n) is 8.35. The Morgan fingerprint density at radius 1 is 1.11 bits per heavy atom. The van der Waals surface area contributed by atoms with E-state index in [2.05, 4.69) is 25.8 Å². The molecule has 0 spiro atoms. The number of benzene rings is 2. The van der Waals surface area contributed by atoms with Crippen molar-refractivity contribution in [3.8, 4) is 11.5 Å². The van der Waals surface area contributed by atoms with Crippen molar-refractivity contribution in [3.05, 3.63) is 64.3 Å². The number of ether oxygens (including phenoxy) is 2. The highest BCUT2D eigenvalue weighted by atomic mass is 79.9. The van der Waals surface area contributed by atoms with Gasteiger partial charge in [0, 0.05) is 12.3 Å². The predicted molar refractivity (Wildman–Crippen MR) is 111 cm³/mol. The van der Waals surface area contributed by atoms with E-state index in [0.29, 0.717) is 16.8 Å². The lowest BCUT2D eigenvalue weighted by molar-refractivity contribution is 0.386. The van der Waals surface area contributed by atoms with Crippen molar-refractivity contribution in [1.82, 2.24) is 9.78 Å². The topological polar surface area (TPSA) is 82.5 Å². The lowest BCUT2D eigenvalue weighted by Crippen LogP contribution is -2.15. The summed E-state index contributed by atoms with van der Waals surface area (Å²) in [7, 11) is -1.00. The van der Waals surface area contributed by atoms with Crippen LogP contribution < -0.4 is 14.2 Å². The Morgan fingerprint density at radius 2 is 1.82 bits per heavy atom. The summed E-state index contributed by atoms with van der Waals surface area (Å²) in [5.41, 5.74) is 2.24. The minimum atomic E-state index is -3.91. The molecule has 9 heteroatoms. The average molecular weight is 466 g/mol. The third-order valence-electron chi connectivity index (χ3n) is 4.07. The largest absolute Gasteiger partial charge is 0.497 e. The summed E-state index contributed by atoms with van der Waals surface area (Å²) in [4.78, 5) is -0.00390. The number of anilines is 1. The van der Waals surface area contributed by atoms with Crippen molar-refractivity contribution < 1.29 is 17.9 Å². The Kier molecular flexibility index (Phi) is 5.95. The van der Waals surface area contributed by atoms with Gasteiger partial charge < -0.3 is 9.47 Å². The van der Waals surface area contributed by atoms with E-state index in [4.69, 9.17) is 9.47 Å². The molecule has 1 aromatic heterocycles. The molecule has 7 nitrogen and oxygen atoms in total. The molecule has 28 heavy (non-hydrogen) atoms. The smallest absolute Gasteiger partial charge is 0.266 e. The molecule has 2 aromatic carbocycles.